The summed E-state index contributed by atoms with van der Waals surface area (Å²) in [6, 6.07) is 25.0. The van der Waals surface area contributed by atoms with Crippen molar-refractivity contribution in [1.82, 2.24) is 10.2 Å². The van der Waals surface area contributed by atoms with Crippen LogP contribution in [0, 0.1) is 0 Å². The highest BCUT2D eigenvalue weighted by Crippen LogP contribution is 2.18. The molecule has 3 heteroatoms. The molecule has 0 heterocycles. The summed E-state index contributed by atoms with van der Waals surface area (Å²) in [6.07, 6.45) is 13.9. The molecule has 0 aliphatic carbocycles. The van der Waals surface area contributed by atoms with Gasteiger partial charge in [-0.2, -0.15) is 0 Å². The van der Waals surface area contributed by atoms with Crippen molar-refractivity contribution in [3.8, 4) is 0 Å². The molecule has 0 radical (unpaired) electrons. The molecule has 0 aromatic heterocycles. The van der Waals surface area contributed by atoms with Crippen molar-refractivity contribution in [3.63, 3.8) is 0 Å². The van der Waals surface area contributed by atoms with Gasteiger partial charge in [0.1, 0.15) is 0 Å². The predicted molar refractivity (Wildman–Crippen MR) is 154 cm³/mol. The molecule has 3 aromatic rings. The zero-order chi connectivity index (χ0) is 25.4. The Hall–Kier alpha value is -2.65. The van der Waals surface area contributed by atoms with Crippen LogP contribution >= 0.6 is 0 Å². The van der Waals surface area contributed by atoms with Gasteiger partial charge in [0.05, 0.1) is 6.04 Å². The normalized spacial score (nSPS) is 12.1. The Morgan fingerprint density at radius 3 is 2.03 bits per heavy atom. The Kier molecular flexibility index (Phi) is 12.5. The summed E-state index contributed by atoms with van der Waals surface area (Å²) in [5.74, 6) is 0.166. The van der Waals surface area contributed by atoms with Crippen molar-refractivity contribution in [3.05, 3.63) is 83.9 Å². The minimum absolute atomic E-state index is 0.166. The molecule has 0 saturated heterocycles. The van der Waals surface area contributed by atoms with Crippen LogP contribution in [-0.4, -0.2) is 30.4 Å². The SMILES string of the molecule is CCCCCCCCCCCCN[C@@H](Cc1ccc2ccccc2c1)C(=O)N(C)Cc1ccccc1. The molecule has 1 amide bonds. The molecule has 3 aromatic carbocycles. The van der Waals surface area contributed by atoms with Gasteiger partial charge in [-0.3, -0.25) is 4.79 Å². The molecule has 0 fully saturated rings. The van der Waals surface area contributed by atoms with E-state index < -0.39 is 0 Å². The molecule has 1 N–H and O–H groups in total. The summed E-state index contributed by atoms with van der Waals surface area (Å²) in [6.45, 7) is 3.79. The van der Waals surface area contributed by atoms with Crippen LogP contribution in [0.25, 0.3) is 10.8 Å². The van der Waals surface area contributed by atoms with Crippen molar-refractivity contribution >= 4 is 16.7 Å². The second kappa shape index (κ2) is 16.2. The first kappa shape index (κ1) is 27.9. The molecule has 0 bridgehead atoms. The Morgan fingerprint density at radius 2 is 1.33 bits per heavy atom. The number of hydrogen-bond donors (Lipinski definition) is 1. The van der Waals surface area contributed by atoms with Crippen LogP contribution < -0.4 is 5.32 Å². The summed E-state index contributed by atoms with van der Waals surface area (Å²) in [5, 5.41) is 6.09. The first-order chi connectivity index (χ1) is 17.7. The number of nitrogens with zero attached hydrogens (tertiary/aromatic N) is 1. The highest BCUT2D eigenvalue weighted by molar-refractivity contribution is 5.84. The van der Waals surface area contributed by atoms with E-state index in [1.165, 1.54) is 74.1 Å². The number of nitrogens with one attached hydrogen (secondary N) is 1. The van der Waals surface area contributed by atoms with Crippen LogP contribution in [0.15, 0.2) is 72.8 Å². The summed E-state index contributed by atoms with van der Waals surface area (Å²) in [4.78, 5) is 15.4. The standard InChI is InChI=1S/C33H46N2O/c1-3-4-5-6-7-8-9-10-11-17-24-34-32(33(36)35(2)27-28-18-13-12-14-19-28)26-29-22-23-30-20-15-16-21-31(30)25-29/h12-16,18-23,25,32,34H,3-11,17,24,26-27H2,1-2H3/t32-/m0/s1. The molecule has 194 valence electrons. The molecule has 0 unspecified atom stereocenters. The first-order valence-electron chi connectivity index (χ1n) is 14.2. The average Bonchev–Trinajstić information content (AvgIpc) is 2.91. The lowest BCUT2D eigenvalue weighted by Crippen LogP contribution is -2.46. The molecule has 3 nitrogen and oxygen atoms in total. The van der Waals surface area contributed by atoms with E-state index in [1.807, 2.05) is 30.1 Å². The molecule has 1 atom stereocenters. The fourth-order valence-electron chi connectivity index (χ4n) is 4.94. The van der Waals surface area contributed by atoms with Gasteiger partial charge in [0.25, 0.3) is 0 Å². The van der Waals surface area contributed by atoms with Crippen molar-refractivity contribution in [2.45, 2.75) is 90.1 Å². The summed E-state index contributed by atoms with van der Waals surface area (Å²) >= 11 is 0. The smallest absolute Gasteiger partial charge is 0.240 e. The fourth-order valence-corrected chi connectivity index (χ4v) is 4.94. The van der Waals surface area contributed by atoms with Crippen molar-refractivity contribution in [1.29, 1.82) is 0 Å². The van der Waals surface area contributed by atoms with Crippen LogP contribution in [0.3, 0.4) is 0 Å². The number of carbonyl (C=O) groups excluding carboxylic acids is 1. The number of likely N-dealkylation sites (N-methyl/N-ethyl adjacent to an activating group) is 1. The Balaban J connectivity index is 1.51. The molecular formula is C33H46N2O. The summed E-state index contributed by atoms with van der Waals surface area (Å²) in [5.41, 5.74) is 2.36. The molecule has 0 saturated carbocycles. The quantitative estimate of drug-likeness (QED) is 0.197. The van der Waals surface area contributed by atoms with Crippen LogP contribution in [0.1, 0.15) is 82.3 Å². The van der Waals surface area contributed by atoms with E-state index >= 15 is 0 Å². The van der Waals surface area contributed by atoms with Crippen LogP contribution in [0.4, 0.5) is 0 Å². The lowest BCUT2D eigenvalue weighted by atomic mass is 10.0. The van der Waals surface area contributed by atoms with E-state index in [2.05, 4.69) is 66.8 Å². The Bertz CT molecular complexity index is 1020. The van der Waals surface area contributed by atoms with Gasteiger partial charge in [-0.1, -0.05) is 138 Å². The van der Waals surface area contributed by atoms with Crippen molar-refractivity contribution in [2.75, 3.05) is 13.6 Å². The van der Waals surface area contributed by atoms with E-state index in [0.717, 1.165) is 18.5 Å². The maximum Gasteiger partial charge on any atom is 0.240 e. The second-order valence-electron chi connectivity index (χ2n) is 10.3. The van der Waals surface area contributed by atoms with Gasteiger partial charge in [-0.15, -0.1) is 0 Å². The topological polar surface area (TPSA) is 32.3 Å². The Morgan fingerprint density at radius 1 is 0.722 bits per heavy atom. The van der Waals surface area contributed by atoms with E-state index in [9.17, 15) is 4.79 Å². The van der Waals surface area contributed by atoms with E-state index in [1.54, 1.807) is 0 Å². The van der Waals surface area contributed by atoms with Gasteiger partial charge >= 0.3 is 0 Å². The van der Waals surface area contributed by atoms with E-state index in [4.69, 9.17) is 0 Å². The average molecular weight is 487 g/mol. The number of amides is 1. The number of unbranched alkanes of at least 4 members (excludes halogenated alkanes) is 9. The van der Waals surface area contributed by atoms with Crippen molar-refractivity contribution < 1.29 is 4.79 Å². The van der Waals surface area contributed by atoms with Gasteiger partial charge in [-0.25, -0.2) is 0 Å². The monoisotopic (exact) mass is 486 g/mol. The number of rotatable bonds is 17. The maximum absolute atomic E-state index is 13.5. The highest BCUT2D eigenvalue weighted by Gasteiger charge is 2.22. The second-order valence-corrected chi connectivity index (χ2v) is 10.3. The minimum atomic E-state index is -0.210. The fraction of sp³-hybridized carbons (Fsp3) is 0.485. The number of benzene rings is 3. The van der Waals surface area contributed by atoms with Crippen LogP contribution in [-0.2, 0) is 17.8 Å². The third-order valence-electron chi connectivity index (χ3n) is 7.11. The summed E-state index contributed by atoms with van der Waals surface area (Å²) in [7, 11) is 1.92. The van der Waals surface area contributed by atoms with E-state index in [-0.39, 0.29) is 11.9 Å². The minimum Gasteiger partial charge on any atom is -0.340 e. The lowest BCUT2D eigenvalue weighted by molar-refractivity contribution is -0.132. The number of hydrogen-bond acceptors (Lipinski definition) is 2. The molecule has 36 heavy (non-hydrogen) atoms. The van der Waals surface area contributed by atoms with Gasteiger partial charge in [0.15, 0.2) is 0 Å². The first-order valence-corrected chi connectivity index (χ1v) is 14.2. The molecule has 0 aliphatic heterocycles. The number of fused-ring (bicyclic) bond motifs is 1. The summed E-state index contributed by atoms with van der Waals surface area (Å²) < 4.78 is 0. The van der Waals surface area contributed by atoms with Gasteiger partial charge in [-0.05, 0) is 41.3 Å². The molecular weight excluding hydrogens is 440 g/mol. The number of carbonyl (C=O) groups is 1. The Labute approximate surface area is 219 Å². The largest absolute Gasteiger partial charge is 0.340 e. The zero-order valence-corrected chi connectivity index (χ0v) is 22.6. The third kappa shape index (κ3) is 9.78. The van der Waals surface area contributed by atoms with Gasteiger partial charge in [0.2, 0.25) is 5.91 Å². The maximum atomic E-state index is 13.5. The van der Waals surface area contributed by atoms with Gasteiger partial charge in [0, 0.05) is 13.6 Å². The van der Waals surface area contributed by atoms with Gasteiger partial charge < -0.3 is 10.2 Å². The third-order valence-corrected chi connectivity index (χ3v) is 7.11. The highest BCUT2D eigenvalue weighted by atomic mass is 16.2. The van der Waals surface area contributed by atoms with Crippen LogP contribution in [0.2, 0.25) is 0 Å². The molecule has 0 aliphatic rings. The molecule has 0 spiro atoms. The molecule has 3 rings (SSSR count). The lowest BCUT2D eigenvalue weighted by Gasteiger charge is -2.25. The predicted octanol–water partition coefficient (Wildman–Crippen LogP) is 7.92. The van der Waals surface area contributed by atoms with E-state index in [0.29, 0.717) is 13.0 Å². The van der Waals surface area contributed by atoms with Crippen molar-refractivity contribution in [2.24, 2.45) is 0 Å². The zero-order valence-electron chi connectivity index (χ0n) is 22.6. The van der Waals surface area contributed by atoms with Crippen LogP contribution in [0.5, 0.6) is 0 Å².